The first kappa shape index (κ1) is 13.3. The van der Waals surface area contributed by atoms with Crippen molar-refractivity contribution in [2.45, 2.75) is 6.92 Å². The summed E-state index contributed by atoms with van der Waals surface area (Å²) in [6, 6.07) is 11.7. The Morgan fingerprint density at radius 3 is 3.00 bits per heavy atom. The van der Waals surface area contributed by atoms with Crippen molar-refractivity contribution in [2.24, 2.45) is 5.10 Å². The number of benzene rings is 1. The minimum Gasteiger partial charge on any atom is -0.338 e. The molecule has 1 aromatic carbocycles. The summed E-state index contributed by atoms with van der Waals surface area (Å²) in [6.45, 7) is 2.04. The monoisotopic (exact) mass is 303 g/mol. The molecule has 4 rings (SSSR count). The zero-order valence-corrected chi connectivity index (χ0v) is 12.4. The molecule has 0 atom stereocenters. The summed E-state index contributed by atoms with van der Waals surface area (Å²) in [4.78, 5) is 11.8. The maximum atomic E-state index is 4.40. The van der Waals surface area contributed by atoms with E-state index in [-0.39, 0.29) is 0 Å². The average molecular weight is 303 g/mol. The maximum absolute atomic E-state index is 4.40. The number of anilines is 1. The van der Waals surface area contributed by atoms with Crippen LogP contribution in [0.3, 0.4) is 0 Å². The van der Waals surface area contributed by atoms with Crippen LogP contribution in [0.25, 0.3) is 22.1 Å². The van der Waals surface area contributed by atoms with Crippen LogP contribution in [-0.2, 0) is 0 Å². The van der Waals surface area contributed by atoms with Gasteiger partial charge in [0.05, 0.1) is 11.9 Å². The summed E-state index contributed by atoms with van der Waals surface area (Å²) in [6.07, 6.45) is 3.31. The van der Waals surface area contributed by atoms with Gasteiger partial charge in [0.1, 0.15) is 5.52 Å². The van der Waals surface area contributed by atoms with Gasteiger partial charge in [-0.3, -0.25) is 4.98 Å². The van der Waals surface area contributed by atoms with Crippen molar-refractivity contribution in [3.8, 4) is 0 Å². The van der Waals surface area contributed by atoms with Crippen molar-refractivity contribution in [1.29, 1.82) is 0 Å². The SMILES string of the molecule is Cc1ccc2[nH]c3nc(NN=Cc4ccccn4)nnc3c2c1. The molecule has 0 aliphatic carbocycles. The fourth-order valence-corrected chi connectivity index (χ4v) is 2.34. The van der Waals surface area contributed by atoms with Crippen LogP contribution in [0.1, 0.15) is 11.3 Å². The summed E-state index contributed by atoms with van der Waals surface area (Å²) in [5, 5.41) is 13.4. The number of hydrogen-bond donors (Lipinski definition) is 2. The standard InChI is InChI=1S/C16H13N7/c1-10-5-6-13-12(8-10)14-15(19-13)20-16(23-21-14)22-18-9-11-4-2-3-7-17-11/h2-9H,1H3,(H2,19,20,22,23). The van der Waals surface area contributed by atoms with Crippen LogP contribution in [0.4, 0.5) is 5.95 Å². The van der Waals surface area contributed by atoms with Crippen molar-refractivity contribution >= 4 is 34.2 Å². The molecule has 0 aliphatic rings. The first-order valence-corrected chi connectivity index (χ1v) is 7.12. The van der Waals surface area contributed by atoms with Gasteiger partial charge in [0, 0.05) is 17.1 Å². The Bertz CT molecular complexity index is 1000. The molecule has 112 valence electrons. The lowest BCUT2D eigenvalue weighted by Crippen LogP contribution is -1.99. The smallest absolute Gasteiger partial charge is 0.265 e. The molecule has 0 spiro atoms. The molecule has 23 heavy (non-hydrogen) atoms. The van der Waals surface area contributed by atoms with Crippen molar-refractivity contribution in [2.75, 3.05) is 5.43 Å². The van der Waals surface area contributed by atoms with Gasteiger partial charge in [-0.15, -0.1) is 10.2 Å². The number of hydrazone groups is 1. The Morgan fingerprint density at radius 2 is 2.13 bits per heavy atom. The fourth-order valence-electron chi connectivity index (χ4n) is 2.34. The number of rotatable bonds is 3. The third kappa shape index (κ3) is 2.59. The summed E-state index contributed by atoms with van der Waals surface area (Å²) >= 11 is 0. The molecule has 7 nitrogen and oxygen atoms in total. The van der Waals surface area contributed by atoms with Gasteiger partial charge in [-0.2, -0.15) is 10.1 Å². The molecule has 0 amide bonds. The number of aryl methyl sites for hydroxylation is 1. The van der Waals surface area contributed by atoms with Crippen LogP contribution in [0.15, 0.2) is 47.7 Å². The van der Waals surface area contributed by atoms with E-state index in [1.165, 1.54) is 5.56 Å². The predicted octanol–water partition coefficient (Wildman–Crippen LogP) is 2.66. The highest BCUT2D eigenvalue weighted by atomic mass is 15.4. The van der Waals surface area contributed by atoms with E-state index in [4.69, 9.17) is 0 Å². The van der Waals surface area contributed by atoms with Gasteiger partial charge in [-0.05, 0) is 31.2 Å². The quantitative estimate of drug-likeness (QED) is 0.448. The number of nitrogens with zero attached hydrogens (tertiary/aromatic N) is 5. The zero-order valence-electron chi connectivity index (χ0n) is 12.4. The Hall–Kier alpha value is -3.35. The molecule has 0 radical (unpaired) electrons. The van der Waals surface area contributed by atoms with Gasteiger partial charge in [0.2, 0.25) is 0 Å². The molecule has 0 fully saturated rings. The largest absolute Gasteiger partial charge is 0.338 e. The molecular weight excluding hydrogens is 290 g/mol. The van der Waals surface area contributed by atoms with Gasteiger partial charge in [0.15, 0.2) is 5.65 Å². The molecular formula is C16H13N7. The molecule has 0 saturated heterocycles. The Morgan fingerprint density at radius 1 is 1.17 bits per heavy atom. The Kier molecular flexibility index (Phi) is 3.16. The van der Waals surface area contributed by atoms with Crippen molar-refractivity contribution < 1.29 is 0 Å². The highest BCUT2D eigenvalue weighted by Gasteiger charge is 2.08. The van der Waals surface area contributed by atoms with E-state index in [0.29, 0.717) is 11.6 Å². The second-order valence-corrected chi connectivity index (χ2v) is 5.13. The lowest BCUT2D eigenvalue weighted by Gasteiger charge is -1.97. The predicted molar refractivity (Wildman–Crippen MR) is 89.4 cm³/mol. The van der Waals surface area contributed by atoms with Crippen molar-refractivity contribution in [1.82, 2.24) is 25.1 Å². The summed E-state index contributed by atoms with van der Waals surface area (Å²) < 4.78 is 0. The maximum Gasteiger partial charge on any atom is 0.265 e. The van der Waals surface area contributed by atoms with E-state index in [1.54, 1.807) is 12.4 Å². The van der Waals surface area contributed by atoms with Gasteiger partial charge >= 0.3 is 0 Å². The molecule has 0 bridgehead atoms. The summed E-state index contributed by atoms with van der Waals surface area (Å²) in [5.74, 6) is 0.327. The third-order valence-corrected chi connectivity index (χ3v) is 3.42. The number of aromatic nitrogens is 5. The Balaban J connectivity index is 1.64. The van der Waals surface area contributed by atoms with E-state index < -0.39 is 0 Å². The second kappa shape index (κ2) is 5.45. The van der Waals surface area contributed by atoms with Gasteiger partial charge in [0.25, 0.3) is 5.95 Å². The minimum atomic E-state index is 0.327. The normalized spacial score (nSPS) is 11.5. The second-order valence-electron chi connectivity index (χ2n) is 5.13. The molecule has 3 heterocycles. The van der Waals surface area contributed by atoms with Crippen molar-refractivity contribution in [3.05, 3.63) is 53.9 Å². The molecule has 0 aliphatic heterocycles. The van der Waals surface area contributed by atoms with Crippen LogP contribution in [0.2, 0.25) is 0 Å². The Labute approximate surface area is 131 Å². The molecule has 7 heteroatoms. The van der Waals surface area contributed by atoms with E-state index in [0.717, 1.165) is 22.1 Å². The van der Waals surface area contributed by atoms with E-state index in [9.17, 15) is 0 Å². The third-order valence-electron chi connectivity index (χ3n) is 3.42. The zero-order chi connectivity index (χ0) is 15.6. The number of aromatic amines is 1. The van der Waals surface area contributed by atoms with Crippen molar-refractivity contribution in [3.63, 3.8) is 0 Å². The van der Waals surface area contributed by atoms with Gasteiger partial charge in [-0.25, -0.2) is 5.43 Å². The number of fused-ring (bicyclic) bond motifs is 3. The van der Waals surface area contributed by atoms with Crippen LogP contribution in [0, 0.1) is 6.92 Å². The fraction of sp³-hybridized carbons (Fsp3) is 0.0625. The number of hydrogen-bond acceptors (Lipinski definition) is 6. The highest BCUT2D eigenvalue weighted by Crippen LogP contribution is 2.23. The highest BCUT2D eigenvalue weighted by molar-refractivity contribution is 6.03. The van der Waals surface area contributed by atoms with E-state index >= 15 is 0 Å². The summed E-state index contributed by atoms with van der Waals surface area (Å²) in [5.41, 5.74) is 7.10. The lowest BCUT2D eigenvalue weighted by atomic mass is 10.2. The van der Waals surface area contributed by atoms with Crippen LogP contribution in [0.5, 0.6) is 0 Å². The van der Waals surface area contributed by atoms with Gasteiger partial charge < -0.3 is 4.98 Å². The molecule has 0 unspecified atom stereocenters. The molecule has 4 aromatic rings. The van der Waals surface area contributed by atoms with Gasteiger partial charge in [-0.1, -0.05) is 17.7 Å². The lowest BCUT2D eigenvalue weighted by molar-refractivity contribution is 1.01. The first-order chi connectivity index (χ1) is 11.3. The topological polar surface area (TPSA) is 91.7 Å². The summed E-state index contributed by atoms with van der Waals surface area (Å²) in [7, 11) is 0. The number of nitrogens with one attached hydrogen (secondary N) is 2. The first-order valence-electron chi connectivity index (χ1n) is 7.12. The number of H-pyrrole nitrogens is 1. The molecule has 3 aromatic heterocycles. The average Bonchev–Trinajstić information content (AvgIpc) is 2.93. The molecule has 0 saturated carbocycles. The minimum absolute atomic E-state index is 0.327. The molecule has 2 N–H and O–H groups in total. The van der Waals surface area contributed by atoms with Crippen LogP contribution >= 0.6 is 0 Å². The number of pyridine rings is 1. The van der Waals surface area contributed by atoms with Crippen LogP contribution in [-0.4, -0.2) is 31.4 Å². The van der Waals surface area contributed by atoms with E-state index in [1.807, 2.05) is 37.3 Å². The van der Waals surface area contributed by atoms with Crippen LogP contribution < -0.4 is 5.43 Å². The van der Waals surface area contributed by atoms with E-state index in [2.05, 4.69) is 41.7 Å².